The van der Waals surface area contributed by atoms with Crippen molar-refractivity contribution >= 4 is 6.09 Å². The fourth-order valence-electron chi connectivity index (χ4n) is 2.19. The predicted octanol–water partition coefficient (Wildman–Crippen LogP) is 2.23. The van der Waals surface area contributed by atoms with E-state index in [1.54, 1.807) is 0 Å². The van der Waals surface area contributed by atoms with Gasteiger partial charge in [0.15, 0.2) is 6.10 Å². The van der Waals surface area contributed by atoms with Gasteiger partial charge in [-0.1, -0.05) is 31.5 Å². The number of alkyl carbamates (subject to hydrolysis) is 1. The molecule has 1 aliphatic rings. The number of nitrogens with one attached hydrogen (secondary N) is 2. The molecule has 2 rings (SSSR count). The van der Waals surface area contributed by atoms with Crippen molar-refractivity contribution in [2.75, 3.05) is 19.7 Å². The number of benzene rings is 1. The van der Waals surface area contributed by atoms with E-state index >= 15 is 0 Å². The Labute approximate surface area is 126 Å². The van der Waals surface area contributed by atoms with E-state index in [2.05, 4.69) is 37.5 Å². The zero-order chi connectivity index (χ0) is 15.2. The van der Waals surface area contributed by atoms with E-state index in [-0.39, 0.29) is 12.2 Å². The lowest BCUT2D eigenvalue weighted by molar-refractivity contribution is 0.104. The molecule has 1 atom stereocenters. The fourth-order valence-corrected chi connectivity index (χ4v) is 2.19. The minimum Gasteiger partial charge on any atom is -0.489 e. The smallest absolute Gasteiger partial charge is 0.407 e. The van der Waals surface area contributed by atoms with Crippen molar-refractivity contribution in [2.45, 2.75) is 33.4 Å². The van der Waals surface area contributed by atoms with Crippen LogP contribution in [0.15, 0.2) is 18.2 Å². The summed E-state index contributed by atoms with van der Waals surface area (Å²) in [5.41, 5.74) is 2.34. The third-order valence-corrected chi connectivity index (χ3v) is 3.26. The van der Waals surface area contributed by atoms with Crippen molar-refractivity contribution in [2.24, 2.45) is 5.92 Å². The van der Waals surface area contributed by atoms with E-state index in [0.717, 1.165) is 24.4 Å². The summed E-state index contributed by atoms with van der Waals surface area (Å²) in [4.78, 5) is 11.0. The molecule has 5 nitrogen and oxygen atoms in total. The van der Waals surface area contributed by atoms with Crippen molar-refractivity contribution in [3.05, 3.63) is 29.3 Å². The number of carbonyl (C=O) groups is 1. The Morgan fingerprint density at radius 1 is 1.48 bits per heavy atom. The normalized spacial score (nSPS) is 17.7. The third-order valence-electron chi connectivity index (χ3n) is 3.26. The summed E-state index contributed by atoms with van der Waals surface area (Å²) in [7, 11) is 0. The number of ether oxygens (including phenoxy) is 2. The van der Waals surface area contributed by atoms with Gasteiger partial charge in [-0.25, -0.2) is 4.79 Å². The van der Waals surface area contributed by atoms with Crippen LogP contribution < -0.4 is 15.4 Å². The minimum absolute atomic E-state index is 0.213. The number of hydrogen-bond acceptors (Lipinski definition) is 4. The highest BCUT2D eigenvalue weighted by Gasteiger charge is 2.23. The highest BCUT2D eigenvalue weighted by atomic mass is 16.6. The Kier molecular flexibility index (Phi) is 5.44. The Hall–Kier alpha value is -1.75. The SMILES string of the molecule is Cc1ccc(OCC2CNC(=O)O2)c(CNCC(C)C)c1. The largest absolute Gasteiger partial charge is 0.489 e. The summed E-state index contributed by atoms with van der Waals surface area (Å²) in [6.07, 6.45) is -0.582. The second-order valence-corrected chi connectivity index (χ2v) is 5.86. The standard InChI is InChI=1S/C16H24N2O3/c1-11(2)7-17-8-13-6-12(3)4-5-15(13)20-10-14-9-18-16(19)21-14/h4-6,11,14,17H,7-10H2,1-3H3,(H,18,19). The molecule has 5 heteroatoms. The van der Waals surface area contributed by atoms with Gasteiger partial charge in [-0.15, -0.1) is 0 Å². The van der Waals surface area contributed by atoms with Crippen LogP contribution in [-0.4, -0.2) is 31.9 Å². The molecule has 0 bridgehead atoms. The van der Waals surface area contributed by atoms with Crippen LogP contribution >= 0.6 is 0 Å². The summed E-state index contributed by atoms with van der Waals surface area (Å²) in [5, 5.41) is 6.05. The van der Waals surface area contributed by atoms with Crippen molar-refractivity contribution < 1.29 is 14.3 Å². The number of cyclic esters (lactones) is 1. The van der Waals surface area contributed by atoms with Crippen LogP contribution in [0.4, 0.5) is 4.79 Å². The first-order valence-corrected chi connectivity index (χ1v) is 7.42. The van der Waals surface area contributed by atoms with Crippen LogP contribution in [0, 0.1) is 12.8 Å². The maximum atomic E-state index is 11.0. The van der Waals surface area contributed by atoms with Gasteiger partial charge in [-0.2, -0.15) is 0 Å². The maximum Gasteiger partial charge on any atom is 0.407 e. The van der Waals surface area contributed by atoms with Crippen LogP contribution in [-0.2, 0) is 11.3 Å². The summed E-state index contributed by atoms with van der Waals surface area (Å²) >= 11 is 0. The highest BCUT2D eigenvalue weighted by molar-refractivity contribution is 5.69. The zero-order valence-electron chi connectivity index (χ0n) is 12.9. The number of amides is 1. The van der Waals surface area contributed by atoms with Gasteiger partial charge in [0, 0.05) is 12.1 Å². The van der Waals surface area contributed by atoms with Crippen LogP contribution in [0.5, 0.6) is 5.75 Å². The molecular weight excluding hydrogens is 268 g/mol. The first-order valence-electron chi connectivity index (χ1n) is 7.42. The topological polar surface area (TPSA) is 59.6 Å². The first kappa shape index (κ1) is 15.6. The maximum absolute atomic E-state index is 11.0. The summed E-state index contributed by atoms with van der Waals surface area (Å²) in [6.45, 7) is 9.06. The number of aryl methyl sites for hydroxylation is 1. The average Bonchev–Trinajstić information content (AvgIpc) is 2.83. The summed E-state index contributed by atoms with van der Waals surface area (Å²) in [5.74, 6) is 1.46. The molecular formula is C16H24N2O3. The molecule has 0 saturated carbocycles. The van der Waals surface area contributed by atoms with Crippen molar-refractivity contribution in [1.82, 2.24) is 10.6 Å². The molecule has 1 aromatic carbocycles. The molecule has 116 valence electrons. The Morgan fingerprint density at radius 2 is 2.29 bits per heavy atom. The molecule has 0 radical (unpaired) electrons. The fraction of sp³-hybridized carbons (Fsp3) is 0.562. The zero-order valence-corrected chi connectivity index (χ0v) is 12.9. The van der Waals surface area contributed by atoms with Crippen molar-refractivity contribution in [3.8, 4) is 5.75 Å². The van der Waals surface area contributed by atoms with E-state index in [9.17, 15) is 4.79 Å². The average molecular weight is 292 g/mol. The van der Waals surface area contributed by atoms with Crippen LogP contribution in [0.1, 0.15) is 25.0 Å². The van der Waals surface area contributed by atoms with E-state index < -0.39 is 0 Å². The van der Waals surface area contributed by atoms with Gasteiger partial charge in [0.2, 0.25) is 0 Å². The molecule has 0 aliphatic carbocycles. The first-order chi connectivity index (χ1) is 10.0. The van der Waals surface area contributed by atoms with Crippen LogP contribution in [0.2, 0.25) is 0 Å². The quantitative estimate of drug-likeness (QED) is 0.809. The Bertz CT molecular complexity index is 488. The molecule has 1 unspecified atom stereocenters. The second-order valence-electron chi connectivity index (χ2n) is 5.86. The number of carbonyl (C=O) groups excluding carboxylic acids is 1. The van der Waals surface area contributed by atoms with E-state index in [4.69, 9.17) is 9.47 Å². The lowest BCUT2D eigenvalue weighted by Crippen LogP contribution is -2.23. The number of hydrogen-bond donors (Lipinski definition) is 2. The summed E-state index contributed by atoms with van der Waals surface area (Å²) < 4.78 is 10.9. The predicted molar refractivity (Wildman–Crippen MR) is 81.5 cm³/mol. The number of rotatable bonds is 7. The molecule has 1 aliphatic heterocycles. The molecule has 1 heterocycles. The lowest BCUT2D eigenvalue weighted by atomic mass is 10.1. The Balaban J connectivity index is 1.92. The highest BCUT2D eigenvalue weighted by Crippen LogP contribution is 2.20. The van der Waals surface area contributed by atoms with E-state index in [1.807, 2.05) is 12.1 Å². The molecule has 21 heavy (non-hydrogen) atoms. The van der Waals surface area contributed by atoms with Gasteiger partial charge in [-0.05, 0) is 25.5 Å². The van der Waals surface area contributed by atoms with Crippen LogP contribution in [0.3, 0.4) is 0 Å². The van der Waals surface area contributed by atoms with Gasteiger partial charge in [0.05, 0.1) is 6.54 Å². The van der Waals surface area contributed by atoms with E-state index in [1.165, 1.54) is 5.56 Å². The second kappa shape index (κ2) is 7.31. The van der Waals surface area contributed by atoms with Crippen LogP contribution in [0.25, 0.3) is 0 Å². The van der Waals surface area contributed by atoms with Gasteiger partial charge in [0.1, 0.15) is 12.4 Å². The molecule has 1 saturated heterocycles. The van der Waals surface area contributed by atoms with Crippen molar-refractivity contribution in [3.63, 3.8) is 0 Å². The summed E-state index contributed by atoms with van der Waals surface area (Å²) in [6, 6.07) is 6.13. The molecule has 1 amide bonds. The molecule has 1 aromatic rings. The van der Waals surface area contributed by atoms with Gasteiger partial charge in [-0.3, -0.25) is 0 Å². The Morgan fingerprint density at radius 3 is 2.95 bits per heavy atom. The van der Waals surface area contributed by atoms with Gasteiger partial charge < -0.3 is 20.1 Å². The van der Waals surface area contributed by atoms with Gasteiger partial charge >= 0.3 is 6.09 Å². The van der Waals surface area contributed by atoms with Crippen molar-refractivity contribution in [1.29, 1.82) is 0 Å². The molecule has 1 fully saturated rings. The van der Waals surface area contributed by atoms with Gasteiger partial charge in [0.25, 0.3) is 0 Å². The van der Waals surface area contributed by atoms with E-state index in [0.29, 0.717) is 19.1 Å². The minimum atomic E-state index is -0.369. The third kappa shape index (κ3) is 4.93. The lowest BCUT2D eigenvalue weighted by Gasteiger charge is -2.15. The molecule has 0 spiro atoms. The molecule has 0 aromatic heterocycles. The monoisotopic (exact) mass is 292 g/mol. The molecule has 2 N–H and O–H groups in total.